The Kier molecular flexibility index (Phi) is 3.71. The molecule has 1 heterocycles. The molecule has 3 N–H and O–H groups in total. The predicted molar refractivity (Wildman–Crippen MR) is 80.5 cm³/mol. The molecule has 1 aromatic carbocycles. The van der Waals surface area contributed by atoms with Crippen LogP contribution in [-0.4, -0.2) is 27.4 Å². The number of nitrogens with one attached hydrogen (secondary N) is 1. The average Bonchev–Trinajstić information content (AvgIpc) is 2.53. The van der Waals surface area contributed by atoms with Gasteiger partial charge in [0.15, 0.2) is 0 Å². The molecule has 20 heavy (non-hydrogen) atoms. The molecular formula is C13H14ClN3O2S. The van der Waals surface area contributed by atoms with Crippen LogP contribution in [0, 0.1) is 0 Å². The minimum Gasteiger partial charge on any atom is -0.389 e. The zero-order valence-electron chi connectivity index (χ0n) is 11.1. The van der Waals surface area contributed by atoms with Crippen molar-refractivity contribution in [3.63, 3.8) is 0 Å². The quantitative estimate of drug-likeness (QED) is 0.659. The third kappa shape index (κ3) is 2.62. The Morgan fingerprint density at radius 3 is 2.55 bits per heavy atom. The van der Waals surface area contributed by atoms with E-state index in [-0.39, 0.29) is 17.4 Å². The standard InChI is InChI=1S/C13H14ClN3O2S/c1-13(2)11(18)17(12(19)16-13)6-8-4-3-7(10(15)20)5-9(8)14/h3-5H,6H2,1-2H3,(H2,15,20)(H,16,19). The van der Waals surface area contributed by atoms with Gasteiger partial charge in [-0.05, 0) is 25.5 Å². The van der Waals surface area contributed by atoms with E-state index in [1.807, 2.05) is 0 Å². The summed E-state index contributed by atoms with van der Waals surface area (Å²) in [5.74, 6) is -0.281. The van der Waals surface area contributed by atoms with Gasteiger partial charge in [-0.15, -0.1) is 0 Å². The Hall–Kier alpha value is -1.66. The second kappa shape index (κ2) is 5.03. The Morgan fingerprint density at radius 2 is 2.10 bits per heavy atom. The predicted octanol–water partition coefficient (Wildman–Crippen LogP) is 1.80. The van der Waals surface area contributed by atoms with Crippen LogP contribution in [-0.2, 0) is 11.3 Å². The van der Waals surface area contributed by atoms with E-state index in [9.17, 15) is 9.59 Å². The molecule has 1 fully saturated rings. The Morgan fingerprint density at radius 1 is 1.45 bits per heavy atom. The Labute approximate surface area is 127 Å². The van der Waals surface area contributed by atoms with Gasteiger partial charge in [0.05, 0.1) is 6.54 Å². The maximum absolute atomic E-state index is 12.1. The fourth-order valence-corrected chi connectivity index (χ4v) is 2.33. The van der Waals surface area contributed by atoms with Crippen LogP contribution in [0.25, 0.3) is 0 Å². The molecule has 5 nitrogen and oxygen atoms in total. The number of imide groups is 1. The highest BCUT2D eigenvalue weighted by molar-refractivity contribution is 7.80. The molecule has 106 valence electrons. The molecule has 0 unspecified atom stereocenters. The van der Waals surface area contributed by atoms with Crippen molar-refractivity contribution in [3.8, 4) is 0 Å². The molecule has 1 aliphatic heterocycles. The third-order valence-electron chi connectivity index (χ3n) is 3.11. The highest BCUT2D eigenvalue weighted by Crippen LogP contribution is 2.24. The summed E-state index contributed by atoms with van der Waals surface area (Å²) in [6.45, 7) is 3.43. The SMILES string of the molecule is CC1(C)NC(=O)N(Cc2ccc(C(N)=S)cc2Cl)C1=O. The van der Waals surface area contributed by atoms with Crippen LogP contribution < -0.4 is 11.1 Å². The summed E-state index contributed by atoms with van der Waals surface area (Å²) in [5.41, 5.74) is 5.94. The fourth-order valence-electron chi connectivity index (χ4n) is 1.96. The number of hydrogen-bond acceptors (Lipinski definition) is 3. The van der Waals surface area contributed by atoms with Crippen LogP contribution in [0.3, 0.4) is 0 Å². The van der Waals surface area contributed by atoms with Crippen molar-refractivity contribution >= 4 is 40.7 Å². The van der Waals surface area contributed by atoms with Crippen LogP contribution in [0.1, 0.15) is 25.0 Å². The summed E-state index contributed by atoms with van der Waals surface area (Å²) < 4.78 is 0. The smallest absolute Gasteiger partial charge is 0.325 e. The molecule has 0 aromatic heterocycles. The van der Waals surface area contributed by atoms with Gasteiger partial charge < -0.3 is 11.1 Å². The van der Waals surface area contributed by atoms with Crippen LogP contribution in [0.5, 0.6) is 0 Å². The lowest BCUT2D eigenvalue weighted by molar-refractivity contribution is -0.130. The number of urea groups is 1. The van der Waals surface area contributed by atoms with E-state index in [0.717, 1.165) is 4.90 Å². The van der Waals surface area contributed by atoms with E-state index in [0.29, 0.717) is 16.1 Å². The largest absolute Gasteiger partial charge is 0.389 e. The van der Waals surface area contributed by atoms with E-state index in [4.69, 9.17) is 29.6 Å². The van der Waals surface area contributed by atoms with Gasteiger partial charge in [0.25, 0.3) is 5.91 Å². The van der Waals surface area contributed by atoms with Gasteiger partial charge in [-0.2, -0.15) is 0 Å². The number of rotatable bonds is 3. The van der Waals surface area contributed by atoms with E-state index in [2.05, 4.69) is 5.32 Å². The van der Waals surface area contributed by atoms with Crippen LogP contribution in [0.4, 0.5) is 4.79 Å². The molecule has 0 saturated carbocycles. The first-order chi connectivity index (χ1) is 9.22. The highest BCUT2D eigenvalue weighted by Gasteiger charge is 2.44. The van der Waals surface area contributed by atoms with Crippen molar-refractivity contribution in [1.82, 2.24) is 10.2 Å². The lowest BCUT2D eigenvalue weighted by Gasteiger charge is -2.16. The second-order valence-electron chi connectivity index (χ2n) is 5.12. The number of nitrogens with two attached hydrogens (primary N) is 1. The summed E-state index contributed by atoms with van der Waals surface area (Å²) in [6, 6.07) is 4.63. The first kappa shape index (κ1) is 14.7. The molecule has 0 atom stereocenters. The molecule has 3 amide bonds. The lowest BCUT2D eigenvalue weighted by Crippen LogP contribution is -2.40. The molecule has 0 spiro atoms. The monoisotopic (exact) mass is 311 g/mol. The van der Waals surface area contributed by atoms with Gasteiger partial charge in [0.1, 0.15) is 10.5 Å². The van der Waals surface area contributed by atoms with Gasteiger partial charge >= 0.3 is 6.03 Å². The lowest BCUT2D eigenvalue weighted by atomic mass is 10.1. The summed E-state index contributed by atoms with van der Waals surface area (Å²) >= 11 is 11.0. The van der Waals surface area contributed by atoms with E-state index >= 15 is 0 Å². The number of halogens is 1. The Balaban J connectivity index is 2.25. The van der Waals surface area contributed by atoms with Crippen molar-refractivity contribution < 1.29 is 9.59 Å². The molecule has 1 saturated heterocycles. The first-order valence-electron chi connectivity index (χ1n) is 5.95. The zero-order valence-corrected chi connectivity index (χ0v) is 12.6. The minimum absolute atomic E-state index is 0.116. The highest BCUT2D eigenvalue weighted by atomic mass is 35.5. The summed E-state index contributed by atoms with van der Waals surface area (Å²) in [7, 11) is 0. The molecule has 0 bridgehead atoms. The van der Waals surface area contributed by atoms with Gasteiger partial charge in [0.2, 0.25) is 0 Å². The number of amides is 3. The van der Waals surface area contributed by atoms with Gasteiger partial charge in [-0.25, -0.2) is 4.79 Å². The molecule has 0 radical (unpaired) electrons. The maximum Gasteiger partial charge on any atom is 0.325 e. The van der Waals surface area contributed by atoms with Crippen molar-refractivity contribution in [2.45, 2.75) is 25.9 Å². The van der Waals surface area contributed by atoms with E-state index in [1.165, 1.54) is 0 Å². The minimum atomic E-state index is -0.887. The van der Waals surface area contributed by atoms with E-state index in [1.54, 1.807) is 32.0 Å². The van der Waals surface area contributed by atoms with Crippen molar-refractivity contribution in [2.24, 2.45) is 5.73 Å². The van der Waals surface area contributed by atoms with Crippen molar-refractivity contribution in [3.05, 3.63) is 34.3 Å². The number of hydrogen-bond donors (Lipinski definition) is 2. The molecule has 7 heteroatoms. The number of carbonyl (C=O) groups is 2. The fraction of sp³-hybridized carbons (Fsp3) is 0.308. The Bertz CT molecular complexity index is 616. The normalized spacial score (nSPS) is 17.2. The summed E-state index contributed by atoms with van der Waals surface area (Å²) in [5, 5.41) is 3.03. The van der Waals surface area contributed by atoms with Crippen molar-refractivity contribution in [2.75, 3.05) is 0 Å². The number of benzene rings is 1. The summed E-state index contributed by atoms with van der Waals surface area (Å²) in [6.07, 6.45) is 0. The topological polar surface area (TPSA) is 75.4 Å². The molecule has 1 aliphatic rings. The third-order valence-corrected chi connectivity index (χ3v) is 3.70. The zero-order chi connectivity index (χ0) is 15.1. The molecular weight excluding hydrogens is 298 g/mol. The number of nitrogens with zero attached hydrogens (tertiary/aromatic N) is 1. The maximum atomic E-state index is 12.1. The van der Waals surface area contributed by atoms with Gasteiger partial charge in [-0.1, -0.05) is 36.0 Å². The number of thiocarbonyl (C=S) groups is 1. The first-order valence-corrected chi connectivity index (χ1v) is 6.73. The van der Waals surface area contributed by atoms with Crippen LogP contribution in [0.2, 0.25) is 5.02 Å². The molecule has 1 aromatic rings. The molecule has 2 rings (SSSR count). The van der Waals surface area contributed by atoms with Crippen LogP contribution >= 0.6 is 23.8 Å². The number of carbonyl (C=O) groups excluding carboxylic acids is 2. The summed E-state index contributed by atoms with van der Waals surface area (Å²) in [4.78, 5) is 25.3. The van der Waals surface area contributed by atoms with Crippen LogP contribution in [0.15, 0.2) is 18.2 Å². The van der Waals surface area contributed by atoms with Crippen molar-refractivity contribution in [1.29, 1.82) is 0 Å². The second-order valence-corrected chi connectivity index (χ2v) is 5.96. The van der Waals surface area contributed by atoms with Gasteiger partial charge in [0, 0.05) is 10.6 Å². The van der Waals surface area contributed by atoms with Gasteiger partial charge in [-0.3, -0.25) is 9.69 Å². The average molecular weight is 312 g/mol. The molecule has 0 aliphatic carbocycles. The van der Waals surface area contributed by atoms with E-state index < -0.39 is 11.6 Å².